The number of unbranched alkanes of at least 4 members (excludes halogenated alkanes) is 13. The van der Waals surface area contributed by atoms with Crippen LogP contribution in [0.25, 0.3) is 0 Å². The summed E-state index contributed by atoms with van der Waals surface area (Å²) in [6, 6.07) is -2.95. The molecule has 602 valence electrons. The van der Waals surface area contributed by atoms with Crippen molar-refractivity contribution in [2.24, 2.45) is 5.41 Å². The van der Waals surface area contributed by atoms with Crippen molar-refractivity contribution < 1.29 is 127 Å². The highest BCUT2D eigenvalue weighted by Gasteiger charge is 2.47. The third-order valence-electron chi connectivity index (χ3n) is 18.9. The molecule has 3 fully saturated rings. The van der Waals surface area contributed by atoms with E-state index >= 15 is 0 Å². The molecule has 3 heterocycles. The van der Waals surface area contributed by atoms with Crippen molar-refractivity contribution in [3.8, 4) is 0 Å². The number of carbonyl (C=O) groups excluding carboxylic acids is 9. The number of amides is 6. The van der Waals surface area contributed by atoms with Gasteiger partial charge in [0.1, 0.15) is 72.8 Å². The van der Waals surface area contributed by atoms with Crippen molar-refractivity contribution >= 4 is 53.4 Å². The Bertz CT molecular complexity index is 2200. The van der Waals surface area contributed by atoms with Crippen LogP contribution >= 0.6 is 0 Å². The standard InChI is InChI=1S/C72H128N6O26/c1-48(82)76-60-52(102-53(45-79)63(90)66(60)93)29-18-17-28-51(85)27-14-8-5-13-21-39-75-71(96)101-44-26-36-72(4,34-24-42-97-58(88)32-15-9-6-11-19-37-73-56(86)30-22-40-99-69-61(77-49(2)83)67(94)64(91)54(46-80)103-69)35-25-43-98-59(89)33-16-10-7-12-20-38-74-57(87)31-23-41-100-70-62(78-50(3)84)68(95)65(92)55(47-81)104-70/h52-55,60-70,79-81,90-95H,5-47H2,1-4H3,(H,73,86)(H,74,87)(H,75,96)(H,76,82)(H,77,83)(H,78,84). The largest absolute Gasteiger partial charge is 0.466 e. The van der Waals surface area contributed by atoms with Crippen LogP contribution in [0.3, 0.4) is 0 Å². The van der Waals surface area contributed by atoms with E-state index in [1.807, 2.05) is 0 Å². The molecule has 0 radical (unpaired) electrons. The zero-order valence-electron chi connectivity index (χ0n) is 62.0. The Morgan fingerprint density at radius 2 is 0.702 bits per heavy atom. The van der Waals surface area contributed by atoms with Gasteiger partial charge in [0.05, 0.1) is 65.0 Å². The van der Waals surface area contributed by atoms with E-state index in [9.17, 15) is 89.1 Å². The summed E-state index contributed by atoms with van der Waals surface area (Å²) >= 11 is 0. The van der Waals surface area contributed by atoms with Crippen molar-refractivity contribution in [2.75, 3.05) is 72.5 Å². The number of alkyl carbamates (subject to hydrolysis) is 1. The molecule has 0 aliphatic carbocycles. The minimum absolute atomic E-state index is 0.0665. The van der Waals surface area contributed by atoms with Gasteiger partial charge in [-0.3, -0.25) is 38.4 Å². The lowest BCUT2D eigenvalue weighted by Crippen LogP contribution is -2.64. The van der Waals surface area contributed by atoms with Gasteiger partial charge in [0.2, 0.25) is 29.5 Å². The van der Waals surface area contributed by atoms with Crippen molar-refractivity contribution in [2.45, 2.75) is 325 Å². The molecule has 15 N–H and O–H groups in total. The second-order valence-corrected chi connectivity index (χ2v) is 28.1. The first kappa shape index (κ1) is 92.9. The summed E-state index contributed by atoms with van der Waals surface area (Å²) in [6.45, 7) is 6.55. The Morgan fingerprint density at radius 1 is 0.356 bits per heavy atom. The molecule has 6 amide bonds. The summed E-state index contributed by atoms with van der Waals surface area (Å²) in [5.41, 5.74) is -0.240. The number of ether oxygens (including phenoxy) is 8. The fourth-order valence-electron chi connectivity index (χ4n) is 13.0. The molecule has 32 heteroatoms. The van der Waals surface area contributed by atoms with Crippen LogP contribution in [-0.4, -0.2) is 264 Å². The predicted octanol–water partition coefficient (Wildman–Crippen LogP) is 2.00. The number of nitrogens with one attached hydrogen (secondary N) is 6. The third-order valence-corrected chi connectivity index (χ3v) is 18.9. The topological polar surface area (TPSA) is 482 Å². The second kappa shape index (κ2) is 54.3. The van der Waals surface area contributed by atoms with Gasteiger partial charge in [-0.25, -0.2) is 4.79 Å². The van der Waals surface area contributed by atoms with Crippen molar-refractivity contribution in [1.29, 1.82) is 0 Å². The Balaban J connectivity index is 1.30. The van der Waals surface area contributed by atoms with Crippen LogP contribution < -0.4 is 31.9 Å². The first-order valence-electron chi connectivity index (χ1n) is 38.0. The Hall–Kier alpha value is -5.33. The van der Waals surface area contributed by atoms with Gasteiger partial charge in [-0.1, -0.05) is 71.1 Å². The van der Waals surface area contributed by atoms with Crippen LogP contribution in [0.1, 0.15) is 233 Å². The molecule has 15 atom stereocenters. The number of esters is 2. The van der Waals surface area contributed by atoms with Crippen LogP contribution in [-0.2, 0) is 76.3 Å². The number of aliphatic hydroxyl groups is 9. The first-order valence-corrected chi connectivity index (χ1v) is 38.0. The summed E-state index contributed by atoms with van der Waals surface area (Å²) < 4.78 is 45.0. The number of ketones is 1. The highest BCUT2D eigenvalue weighted by atomic mass is 16.7. The van der Waals surface area contributed by atoms with Gasteiger partial charge >= 0.3 is 18.0 Å². The molecule has 3 rings (SSSR count). The normalized spacial score (nSPS) is 25.2. The predicted molar refractivity (Wildman–Crippen MR) is 376 cm³/mol. The zero-order valence-corrected chi connectivity index (χ0v) is 62.0. The number of aliphatic hydroxyl groups excluding tert-OH is 9. The molecule has 3 aliphatic heterocycles. The van der Waals surface area contributed by atoms with Crippen LogP contribution in [0.2, 0.25) is 0 Å². The molecule has 32 nitrogen and oxygen atoms in total. The highest BCUT2D eigenvalue weighted by molar-refractivity contribution is 5.78. The Morgan fingerprint density at radius 3 is 1.12 bits per heavy atom. The number of Topliss-reactive ketones (excluding diaryl/α,β-unsaturated/α-hetero) is 1. The smallest absolute Gasteiger partial charge is 0.407 e. The fourth-order valence-corrected chi connectivity index (χ4v) is 13.0. The lowest BCUT2D eigenvalue weighted by atomic mass is 9.77. The van der Waals surface area contributed by atoms with Crippen LogP contribution in [0.15, 0.2) is 0 Å². The Labute approximate surface area is 612 Å². The van der Waals surface area contributed by atoms with Gasteiger partial charge in [-0.2, -0.15) is 0 Å². The van der Waals surface area contributed by atoms with E-state index < -0.39 is 129 Å². The first-order chi connectivity index (χ1) is 49.8. The molecule has 0 aromatic rings. The minimum Gasteiger partial charge on any atom is -0.466 e. The molecule has 15 unspecified atom stereocenters. The molecule has 0 aromatic carbocycles. The molecule has 3 saturated heterocycles. The summed E-state index contributed by atoms with van der Waals surface area (Å²) in [5, 5.41) is 107. The van der Waals surface area contributed by atoms with E-state index in [0.29, 0.717) is 116 Å². The minimum atomic E-state index is -1.43. The molecule has 0 spiro atoms. The quantitative estimate of drug-likeness (QED) is 0.0235. The average molecular weight is 1490 g/mol. The van der Waals surface area contributed by atoms with Gasteiger partial charge in [0.15, 0.2) is 12.6 Å². The summed E-state index contributed by atoms with van der Waals surface area (Å²) in [6.07, 6.45) is 5.08. The van der Waals surface area contributed by atoms with Crippen LogP contribution in [0.5, 0.6) is 0 Å². The van der Waals surface area contributed by atoms with Gasteiger partial charge < -0.3 is 116 Å². The van der Waals surface area contributed by atoms with Crippen molar-refractivity contribution in [3.05, 3.63) is 0 Å². The van der Waals surface area contributed by atoms with E-state index in [-0.39, 0.29) is 99.6 Å². The maximum Gasteiger partial charge on any atom is 0.407 e. The Kier molecular flexibility index (Phi) is 48.5. The molecule has 104 heavy (non-hydrogen) atoms. The van der Waals surface area contributed by atoms with Gasteiger partial charge in [-0.15, -0.1) is 0 Å². The number of hydrogen-bond acceptors (Lipinski definition) is 26. The molecule has 0 saturated carbocycles. The number of hydrogen-bond donors (Lipinski definition) is 15. The molecular formula is C72H128N6O26. The lowest BCUT2D eigenvalue weighted by molar-refractivity contribution is -0.270. The van der Waals surface area contributed by atoms with E-state index in [1.54, 1.807) is 0 Å². The SMILES string of the molecule is CC(=O)NC1C(CCCCC(=O)CCCCCCCNC(=O)OCCCC(C)(CCCOC(=O)CCCCCCCNC(=O)CCCOC2OC(CO)C(O)C(O)C2NC(C)=O)CCCOC(=O)CCCCCCCNC(=O)CCCOC2OC(CO)C(O)C(O)C2NC(C)=O)OC(CO)C(O)C1O. The van der Waals surface area contributed by atoms with Crippen LogP contribution in [0.4, 0.5) is 4.79 Å². The summed E-state index contributed by atoms with van der Waals surface area (Å²) in [5.74, 6) is -2.06. The number of rotatable bonds is 57. The van der Waals surface area contributed by atoms with Crippen molar-refractivity contribution in [3.63, 3.8) is 0 Å². The molecule has 0 bridgehead atoms. The van der Waals surface area contributed by atoms with Gasteiger partial charge in [0.25, 0.3) is 0 Å². The van der Waals surface area contributed by atoms with E-state index in [2.05, 4.69) is 38.8 Å². The summed E-state index contributed by atoms with van der Waals surface area (Å²) in [7, 11) is 0. The van der Waals surface area contributed by atoms with Crippen molar-refractivity contribution in [1.82, 2.24) is 31.9 Å². The zero-order chi connectivity index (χ0) is 76.7. The van der Waals surface area contributed by atoms with Gasteiger partial charge in [0, 0.05) is 78.9 Å². The van der Waals surface area contributed by atoms with E-state index in [0.717, 1.165) is 83.5 Å². The fraction of sp³-hybridized carbons (Fsp3) is 0.875. The van der Waals surface area contributed by atoms with E-state index in [4.69, 9.17) is 37.9 Å². The van der Waals surface area contributed by atoms with Crippen LogP contribution in [0, 0.1) is 5.41 Å². The summed E-state index contributed by atoms with van der Waals surface area (Å²) in [4.78, 5) is 111. The highest BCUT2D eigenvalue weighted by Crippen LogP contribution is 2.35. The maximum absolute atomic E-state index is 12.7. The monoisotopic (exact) mass is 1490 g/mol. The number of carbonyl (C=O) groups is 9. The second-order valence-electron chi connectivity index (χ2n) is 28.1. The van der Waals surface area contributed by atoms with Gasteiger partial charge in [-0.05, 0) is 108 Å². The average Bonchev–Trinajstić information content (AvgIpc) is 0.822. The van der Waals surface area contributed by atoms with E-state index in [1.165, 1.54) is 20.8 Å². The maximum atomic E-state index is 12.7. The molecular weight excluding hydrogens is 1360 g/mol. The lowest BCUT2D eigenvalue weighted by Gasteiger charge is -2.42. The third kappa shape index (κ3) is 39.0. The molecule has 3 aliphatic rings. The molecule has 0 aromatic heterocycles.